The molecule has 4 N–H and O–H groups in total. The Kier molecular flexibility index (Phi) is 17.4. The van der Waals surface area contributed by atoms with E-state index < -0.39 is 77.5 Å². The Morgan fingerprint density at radius 1 is 0.782 bits per heavy atom. The van der Waals surface area contributed by atoms with Gasteiger partial charge in [-0.3, -0.25) is 24.0 Å². The van der Waals surface area contributed by atoms with Crippen molar-refractivity contribution in [3.05, 3.63) is 35.9 Å². The monoisotopic (exact) mass is 771 g/mol. The summed E-state index contributed by atoms with van der Waals surface area (Å²) in [5.41, 5.74) is -0.0457. The van der Waals surface area contributed by atoms with Crippen molar-refractivity contribution in [2.45, 2.75) is 161 Å². The second kappa shape index (κ2) is 21.4. The van der Waals surface area contributed by atoms with E-state index in [0.717, 1.165) is 37.7 Å². The molecular weight excluding hydrogens is 710 g/mol. The number of rotatable bonds is 17. The number of benzene rings is 1. The molecule has 3 rings (SSSR count). The third-order valence-electron chi connectivity index (χ3n) is 9.34. The molecule has 2 fully saturated rings. The molecule has 1 saturated carbocycles. The molecule has 5 amide bonds. The summed E-state index contributed by atoms with van der Waals surface area (Å²) in [6.07, 6.45) is 4.55. The molecule has 5 atom stereocenters. The number of amides is 5. The van der Waals surface area contributed by atoms with E-state index >= 15 is 0 Å². The summed E-state index contributed by atoms with van der Waals surface area (Å²) >= 11 is 0. The highest BCUT2D eigenvalue weighted by Gasteiger charge is 2.39. The minimum Gasteiger partial charge on any atom is -0.462 e. The minimum absolute atomic E-state index is 0.00399. The first-order valence-corrected chi connectivity index (χ1v) is 19.5. The van der Waals surface area contributed by atoms with Crippen LogP contribution in [0, 0.1) is 5.92 Å². The first-order chi connectivity index (χ1) is 25.9. The van der Waals surface area contributed by atoms with Crippen LogP contribution in [-0.2, 0) is 49.6 Å². The van der Waals surface area contributed by atoms with Gasteiger partial charge < -0.3 is 40.4 Å². The maximum Gasteiger partial charge on any atom is 0.408 e. The standard InChI is InChI=1S/C40H61N5O10/c1-25(2)23-31(35(48)42-27(4)38(51)53-24-28-15-10-8-11-16-28)43-34(47)26(3)41-36(49)32-19-14-22-45(32)37(50)30(44-39(52)55-40(5,6)7)20-21-33(46)54-29-17-12-9-13-18-29/h8,10-11,15-16,25-27,29-32H,9,12-14,17-24H2,1-7H3,(H,41,49)(H,42,48)(H,43,47)(H,44,52)/t26-,27-,30-,31+,32+/m1/s1. The van der Waals surface area contributed by atoms with Gasteiger partial charge in [0.1, 0.15) is 48.5 Å². The summed E-state index contributed by atoms with van der Waals surface area (Å²) < 4.78 is 16.3. The minimum atomic E-state index is -1.17. The summed E-state index contributed by atoms with van der Waals surface area (Å²) in [7, 11) is 0. The van der Waals surface area contributed by atoms with Crippen LogP contribution in [0.2, 0.25) is 0 Å². The lowest BCUT2D eigenvalue weighted by molar-refractivity contribution is -0.151. The van der Waals surface area contributed by atoms with Crippen molar-refractivity contribution in [2.24, 2.45) is 5.92 Å². The van der Waals surface area contributed by atoms with Gasteiger partial charge in [0.15, 0.2) is 0 Å². The fourth-order valence-electron chi connectivity index (χ4n) is 6.50. The van der Waals surface area contributed by atoms with Crippen LogP contribution >= 0.6 is 0 Å². The number of carbonyl (C=O) groups is 7. The number of alkyl carbamates (subject to hydrolysis) is 1. The molecule has 0 unspecified atom stereocenters. The van der Waals surface area contributed by atoms with E-state index in [1.807, 2.05) is 44.2 Å². The molecule has 15 nitrogen and oxygen atoms in total. The third kappa shape index (κ3) is 15.5. The predicted octanol–water partition coefficient (Wildman–Crippen LogP) is 3.81. The number of hydrogen-bond donors (Lipinski definition) is 4. The maximum atomic E-state index is 13.9. The third-order valence-corrected chi connectivity index (χ3v) is 9.34. The smallest absolute Gasteiger partial charge is 0.408 e. The van der Waals surface area contributed by atoms with Gasteiger partial charge in [0.25, 0.3) is 0 Å². The Hall–Kier alpha value is -4.69. The van der Waals surface area contributed by atoms with Gasteiger partial charge in [0.05, 0.1) is 0 Å². The number of carbonyl (C=O) groups excluding carboxylic acids is 7. The van der Waals surface area contributed by atoms with Crippen molar-refractivity contribution >= 4 is 41.7 Å². The fraction of sp³-hybridized carbons (Fsp3) is 0.675. The lowest BCUT2D eigenvalue weighted by Gasteiger charge is -2.30. The van der Waals surface area contributed by atoms with Crippen molar-refractivity contribution < 1.29 is 47.8 Å². The lowest BCUT2D eigenvalue weighted by atomic mass is 9.98. The van der Waals surface area contributed by atoms with E-state index in [4.69, 9.17) is 14.2 Å². The molecule has 0 radical (unpaired) electrons. The van der Waals surface area contributed by atoms with E-state index in [-0.39, 0.29) is 44.4 Å². The normalized spacial score (nSPS) is 18.3. The van der Waals surface area contributed by atoms with Gasteiger partial charge in [-0.05, 0) is 97.5 Å². The molecule has 0 aromatic heterocycles. The van der Waals surface area contributed by atoms with Crippen molar-refractivity contribution in [3.63, 3.8) is 0 Å². The molecule has 2 aliphatic rings. The van der Waals surface area contributed by atoms with Gasteiger partial charge in [0, 0.05) is 13.0 Å². The van der Waals surface area contributed by atoms with E-state index in [2.05, 4.69) is 21.3 Å². The van der Waals surface area contributed by atoms with Gasteiger partial charge in [-0.15, -0.1) is 0 Å². The van der Waals surface area contributed by atoms with Crippen molar-refractivity contribution in [1.29, 1.82) is 0 Å². The molecule has 1 saturated heterocycles. The van der Waals surface area contributed by atoms with Crippen LogP contribution in [0.5, 0.6) is 0 Å². The first kappa shape index (κ1) is 44.7. The highest BCUT2D eigenvalue weighted by molar-refractivity contribution is 5.96. The SMILES string of the molecule is CC(C)C[C@H](NC(=O)[C@@H](C)NC(=O)[C@@H]1CCCN1C(=O)[C@@H](CCC(=O)OC1CCCCC1)NC(=O)OC(C)(C)C)C(=O)N[C@H](C)C(=O)OCc1ccccc1. The second-order valence-electron chi connectivity index (χ2n) is 15.9. The Labute approximate surface area is 324 Å². The number of likely N-dealkylation sites (tertiary alicyclic amines) is 1. The van der Waals surface area contributed by atoms with Gasteiger partial charge in [-0.2, -0.15) is 0 Å². The zero-order valence-corrected chi connectivity index (χ0v) is 33.4. The van der Waals surface area contributed by atoms with Crippen molar-refractivity contribution in [2.75, 3.05) is 6.54 Å². The van der Waals surface area contributed by atoms with E-state index in [9.17, 15) is 33.6 Å². The van der Waals surface area contributed by atoms with Gasteiger partial charge >= 0.3 is 18.0 Å². The molecule has 1 aliphatic heterocycles. The average Bonchev–Trinajstić information content (AvgIpc) is 3.62. The zero-order valence-electron chi connectivity index (χ0n) is 33.4. The van der Waals surface area contributed by atoms with Crippen LogP contribution < -0.4 is 21.3 Å². The summed E-state index contributed by atoms with van der Waals surface area (Å²) in [6.45, 7) is 12.0. The van der Waals surface area contributed by atoms with E-state index in [0.29, 0.717) is 12.8 Å². The Balaban J connectivity index is 1.61. The van der Waals surface area contributed by atoms with Crippen LogP contribution in [0.25, 0.3) is 0 Å². The maximum absolute atomic E-state index is 13.9. The quantitative estimate of drug-likeness (QED) is 0.134. The summed E-state index contributed by atoms with van der Waals surface area (Å²) in [6, 6.07) is 3.91. The molecular formula is C40H61N5O10. The molecule has 55 heavy (non-hydrogen) atoms. The highest BCUT2D eigenvalue weighted by atomic mass is 16.6. The molecule has 0 bridgehead atoms. The summed E-state index contributed by atoms with van der Waals surface area (Å²) in [4.78, 5) is 93.5. The van der Waals surface area contributed by atoms with E-state index in [1.54, 1.807) is 20.8 Å². The molecule has 1 heterocycles. The van der Waals surface area contributed by atoms with Crippen LogP contribution in [0.3, 0.4) is 0 Å². The van der Waals surface area contributed by atoms with Crippen molar-refractivity contribution in [1.82, 2.24) is 26.2 Å². The number of nitrogens with one attached hydrogen (secondary N) is 4. The lowest BCUT2D eigenvalue weighted by Crippen LogP contribution is -2.58. The molecule has 1 aromatic rings. The molecule has 15 heteroatoms. The number of ether oxygens (including phenoxy) is 3. The second-order valence-corrected chi connectivity index (χ2v) is 15.9. The van der Waals surface area contributed by atoms with Crippen LogP contribution in [-0.4, -0.2) is 95.0 Å². The molecule has 306 valence electrons. The number of hydrogen-bond acceptors (Lipinski definition) is 10. The van der Waals surface area contributed by atoms with Crippen LogP contribution in [0.15, 0.2) is 30.3 Å². The van der Waals surface area contributed by atoms with Gasteiger partial charge in [-0.1, -0.05) is 50.6 Å². The topological polar surface area (TPSA) is 199 Å². The van der Waals surface area contributed by atoms with Gasteiger partial charge in [-0.25, -0.2) is 9.59 Å². The van der Waals surface area contributed by atoms with Gasteiger partial charge in [0.2, 0.25) is 23.6 Å². The highest BCUT2D eigenvalue weighted by Crippen LogP contribution is 2.23. The Morgan fingerprint density at radius 2 is 1.45 bits per heavy atom. The molecule has 1 aromatic carbocycles. The molecule has 0 spiro atoms. The van der Waals surface area contributed by atoms with E-state index in [1.165, 1.54) is 18.7 Å². The number of nitrogens with zero attached hydrogens (tertiary/aromatic N) is 1. The molecule has 1 aliphatic carbocycles. The van der Waals surface area contributed by atoms with Crippen LogP contribution in [0.4, 0.5) is 4.79 Å². The Morgan fingerprint density at radius 3 is 2.09 bits per heavy atom. The summed E-state index contributed by atoms with van der Waals surface area (Å²) in [5.74, 6) is -3.46. The predicted molar refractivity (Wildman–Crippen MR) is 203 cm³/mol. The fourth-order valence-corrected chi connectivity index (χ4v) is 6.50. The average molecular weight is 772 g/mol. The largest absolute Gasteiger partial charge is 0.462 e. The van der Waals surface area contributed by atoms with Crippen molar-refractivity contribution in [3.8, 4) is 0 Å². The Bertz CT molecular complexity index is 1470. The summed E-state index contributed by atoms with van der Waals surface area (Å²) in [5, 5.41) is 10.6. The van der Waals surface area contributed by atoms with Crippen LogP contribution in [0.1, 0.15) is 118 Å². The first-order valence-electron chi connectivity index (χ1n) is 19.5. The number of esters is 2. The zero-order chi connectivity index (χ0) is 40.7.